The first-order valence-electron chi connectivity index (χ1n) is 5.81. The molecular weight excluding hydrogens is 267 g/mol. The smallest absolute Gasteiger partial charge is 0.261 e. The Kier molecular flexibility index (Phi) is 4.40. The summed E-state index contributed by atoms with van der Waals surface area (Å²) in [6, 6.07) is 1.16. The van der Waals surface area contributed by atoms with Gasteiger partial charge in [0.2, 0.25) is 0 Å². The Balaban J connectivity index is 2.21. The second kappa shape index (κ2) is 6.24. The second-order valence-corrected chi connectivity index (χ2v) is 4.66. The Morgan fingerprint density at radius 3 is 3.00 bits per heavy atom. The summed E-state index contributed by atoms with van der Waals surface area (Å²) in [6.45, 7) is 2.65. The van der Waals surface area contributed by atoms with Crippen molar-refractivity contribution in [2.75, 3.05) is 17.2 Å². The Hall–Kier alpha value is -2.02. The minimum atomic E-state index is -0.550. The number of aromatic nitrogens is 2. The van der Waals surface area contributed by atoms with Crippen molar-refractivity contribution in [2.24, 2.45) is 0 Å². The van der Waals surface area contributed by atoms with E-state index in [1.807, 2.05) is 6.92 Å². The van der Waals surface area contributed by atoms with Gasteiger partial charge in [0.25, 0.3) is 5.91 Å². The standard InChI is InChI=1S/C12H13FN4OS/c1-2-3-14-10-9(6-8(13)7-16-10)11(18)17-12-15-4-5-19-12/h4-7H,2-3H2,1H3,(H,14,16)(H,15,17,18). The summed E-state index contributed by atoms with van der Waals surface area (Å²) >= 11 is 1.30. The molecule has 0 aliphatic heterocycles. The van der Waals surface area contributed by atoms with Crippen LogP contribution < -0.4 is 10.6 Å². The molecule has 0 spiro atoms. The molecule has 100 valence electrons. The first-order valence-corrected chi connectivity index (χ1v) is 6.69. The van der Waals surface area contributed by atoms with Gasteiger partial charge in [0.15, 0.2) is 5.13 Å². The van der Waals surface area contributed by atoms with Gasteiger partial charge in [-0.1, -0.05) is 6.92 Å². The molecule has 2 aromatic heterocycles. The Morgan fingerprint density at radius 1 is 1.47 bits per heavy atom. The van der Waals surface area contributed by atoms with Crippen LogP contribution in [-0.2, 0) is 0 Å². The van der Waals surface area contributed by atoms with Gasteiger partial charge in [-0.25, -0.2) is 14.4 Å². The molecule has 0 radical (unpaired) electrons. The summed E-state index contributed by atoms with van der Waals surface area (Å²) in [5.74, 6) is -0.607. The van der Waals surface area contributed by atoms with Gasteiger partial charge < -0.3 is 5.32 Å². The van der Waals surface area contributed by atoms with E-state index >= 15 is 0 Å². The molecule has 0 fully saturated rings. The zero-order valence-corrected chi connectivity index (χ0v) is 11.1. The zero-order chi connectivity index (χ0) is 13.7. The highest BCUT2D eigenvalue weighted by Crippen LogP contribution is 2.17. The van der Waals surface area contributed by atoms with Gasteiger partial charge >= 0.3 is 0 Å². The van der Waals surface area contributed by atoms with Crippen LogP contribution in [0.2, 0.25) is 0 Å². The third-order valence-electron chi connectivity index (χ3n) is 2.29. The van der Waals surface area contributed by atoms with Crippen LogP contribution in [0.4, 0.5) is 15.3 Å². The molecule has 2 rings (SSSR count). The number of thiazole rings is 1. The molecule has 0 saturated carbocycles. The molecule has 5 nitrogen and oxygen atoms in total. The highest BCUT2D eigenvalue weighted by Gasteiger charge is 2.14. The van der Waals surface area contributed by atoms with Gasteiger partial charge in [-0.3, -0.25) is 10.1 Å². The number of nitrogens with one attached hydrogen (secondary N) is 2. The minimum Gasteiger partial charge on any atom is -0.369 e. The molecule has 0 aliphatic rings. The number of halogens is 1. The Labute approximate surface area is 113 Å². The Bertz CT molecular complexity index is 559. The van der Waals surface area contributed by atoms with Crippen LogP contribution in [0, 0.1) is 5.82 Å². The van der Waals surface area contributed by atoms with E-state index in [1.54, 1.807) is 11.6 Å². The normalized spacial score (nSPS) is 10.2. The monoisotopic (exact) mass is 280 g/mol. The van der Waals surface area contributed by atoms with Crippen molar-refractivity contribution in [2.45, 2.75) is 13.3 Å². The van der Waals surface area contributed by atoms with Crippen LogP contribution in [-0.4, -0.2) is 22.4 Å². The number of anilines is 2. The lowest BCUT2D eigenvalue weighted by Gasteiger charge is -2.09. The van der Waals surface area contributed by atoms with Gasteiger partial charge in [-0.2, -0.15) is 0 Å². The number of rotatable bonds is 5. The van der Waals surface area contributed by atoms with Crippen molar-refractivity contribution in [3.05, 3.63) is 35.2 Å². The van der Waals surface area contributed by atoms with Crippen molar-refractivity contribution in [1.29, 1.82) is 0 Å². The average Bonchev–Trinajstić information content (AvgIpc) is 2.90. The molecule has 0 aliphatic carbocycles. The molecule has 19 heavy (non-hydrogen) atoms. The van der Waals surface area contributed by atoms with Crippen LogP contribution in [0.25, 0.3) is 0 Å². The van der Waals surface area contributed by atoms with E-state index in [4.69, 9.17) is 0 Å². The molecule has 2 N–H and O–H groups in total. The topological polar surface area (TPSA) is 66.9 Å². The molecular formula is C12H13FN4OS. The molecule has 0 aromatic carbocycles. The molecule has 0 bridgehead atoms. The van der Waals surface area contributed by atoms with Crippen molar-refractivity contribution in [3.63, 3.8) is 0 Å². The SMILES string of the molecule is CCCNc1ncc(F)cc1C(=O)Nc1nccs1. The number of pyridine rings is 1. The van der Waals surface area contributed by atoms with E-state index < -0.39 is 11.7 Å². The van der Waals surface area contributed by atoms with Gasteiger partial charge in [-0.15, -0.1) is 11.3 Å². The number of amides is 1. The summed E-state index contributed by atoms with van der Waals surface area (Å²) in [4.78, 5) is 19.9. The highest BCUT2D eigenvalue weighted by molar-refractivity contribution is 7.13. The van der Waals surface area contributed by atoms with Crippen LogP contribution in [0.3, 0.4) is 0 Å². The van der Waals surface area contributed by atoms with E-state index in [0.29, 0.717) is 17.5 Å². The minimum absolute atomic E-state index is 0.170. The third kappa shape index (κ3) is 3.47. The van der Waals surface area contributed by atoms with Gasteiger partial charge in [0, 0.05) is 18.1 Å². The number of hydrogen-bond donors (Lipinski definition) is 2. The summed E-state index contributed by atoms with van der Waals surface area (Å²) in [6.07, 6.45) is 3.55. The lowest BCUT2D eigenvalue weighted by atomic mass is 10.2. The fourth-order valence-electron chi connectivity index (χ4n) is 1.45. The average molecular weight is 280 g/mol. The van der Waals surface area contributed by atoms with E-state index in [9.17, 15) is 9.18 Å². The van der Waals surface area contributed by atoms with E-state index in [2.05, 4.69) is 20.6 Å². The predicted molar refractivity (Wildman–Crippen MR) is 73.0 cm³/mol. The lowest BCUT2D eigenvalue weighted by Crippen LogP contribution is -2.16. The number of carbonyl (C=O) groups excluding carboxylic acids is 1. The number of nitrogens with zero attached hydrogens (tertiary/aromatic N) is 2. The molecule has 0 atom stereocenters. The number of carbonyl (C=O) groups is 1. The fraction of sp³-hybridized carbons (Fsp3) is 0.250. The third-order valence-corrected chi connectivity index (χ3v) is 2.98. The molecule has 1 amide bonds. The van der Waals surface area contributed by atoms with E-state index in [0.717, 1.165) is 18.7 Å². The lowest BCUT2D eigenvalue weighted by molar-refractivity contribution is 0.102. The first-order chi connectivity index (χ1) is 9.20. The van der Waals surface area contributed by atoms with Crippen LogP contribution in [0.15, 0.2) is 23.8 Å². The quantitative estimate of drug-likeness (QED) is 0.883. The second-order valence-electron chi connectivity index (χ2n) is 3.77. The van der Waals surface area contributed by atoms with E-state index in [1.165, 1.54) is 11.3 Å². The molecule has 2 aromatic rings. The first kappa shape index (κ1) is 13.4. The molecule has 0 unspecified atom stereocenters. The van der Waals surface area contributed by atoms with Gasteiger partial charge in [-0.05, 0) is 12.5 Å². The summed E-state index contributed by atoms with van der Waals surface area (Å²) in [5, 5.41) is 7.81. The Morgan fingerprint density at radius 2 is 2.32 bits per heavy atom. The van der Waals surface area contributed by atoms with Crippen molar-refractivity contribution in [3.8, 4) is 0 Å². The maximum Gasteiger partial charge on any atom is 0.261 e. The highest BCUT2D eigenvalue weighted by atomic mass is 32.1. The largest absolute Gasteiger partial charge is 0.369 e. The van der Waals surface area contributed by atoms with Crippen LogP contribution in [0.5, 0.6) is 0 Å². The maximum absolute atomic E-state index is 13.2. The summed E-state index contributed by atoms with van der Waals surface area (Å²) in [5.41, 5.74) is 0.170. The van der Waals surface area contributed by atoms with Gasteiger partial charge in [0.05, 0.1) is 11.8 Å². The molecule has 0 saturated heterocycles. The van der Waals surface area contributed by atoms with Gasteiger partial charge in [0.1, 0.15) is 11.6 Å². The van der Waals surface area contributed by atoms with Crippen molar-refractivity contribution >= 4 is 28.2 Å². The fourth-order valence-corrected chi connectivity index (χ4v) is 1.97. The van der Waals surface area contributed by atoms with Crippen molar-refractivity contribution in [1.82, 2.24) is 9.97 Å². The van der Waals surface area contributed by atoms with Crippen LogP contribution >= 0.6 is 11.3 Å². The molecule has 2 heterocycles. The predicted octanol–water partition coefficient (Wildman–Crippen LogP) is 2.75. The number of hydrogen-bond acceptors (Lipinski definition) is 5. The maximum atomic E-state index is 13.2. The summed E-state index contributed by atoms with van der Waals surface area (Å²) < 4.78 is 13.2. The summed E-state index contributed by atoms with van der Waals surface area (Å²) in [7, 11) is 0. The van der Waals surface area contributed by atoms with Crippen LogP contribution in [0.1, 0.15) is 23.7 Å². The van der Waals surface area contributed by atoms with E-state index in [-0.39, 0.29) is 5.56 Å². The van der Waals surface area contributed by atoms with Crippen molar-refractivity contribution < 1.29 is 9.18 Å². The molecule has 7 heteroatoms. The zero-order valence-electron chi connectivity index (χ0n) is 10.3.